The van der Waals surface area contributed by atoms with Crippen LogP contribution in [0.15, 0.2) is 133 Å². The molecule has 56 heavy (non-hydrogen) atoms. The third kappa shape index (κ3) is 7.01. The first-order valence-electron chi connectivity index (χ1n) is 20.8. The quantitative estimate of drug-likeness (QED) is 0.155. The molecule has 8 rings (SSSR count). The normalized spacial score (nSPS) is 14.9. The number of allylic oxidation sites excluding steroid dienone is 4. The molecule has 0 radical (unpaired) electrons. The number of hydrogen-bond donors (Lipinski definition) is 0. The molecule has 0 unspecified atom stereocenters. The van der Waals surface area contributed by atoms with E-state index in [4.69, 9.17) is 0 Å². The summed E-state index contributed by atoms with van der Waals surface area (Å²) >= 11 is -3.23. The standard InChI is InChI=1S/C29H41.C21H14.C5H5.Hf/c1-26(2,3)22-14-18-13-19-15-23(27(4,5)6)25(29(10,11)12)17-21(19)20(18)16-24(22)28(7,8)9;1-3-7-20-14-16(9-11-18(20)5-1)13-17-10-12-19-6-2-4-8-21(19)15-17;1-2-4-5-3-1;/h13-17H,1-12H3;1-12,14-15H;1-5H;. The van der Waals surface area contributed by atoms with Gasteiger partial charge in [-0.25, -0.2) is 0 Å². The molecule has 2 aliphatic rings. The van der Waals surface area contributed by atoms with Crippen molar-refractivity contribution in [2.24, 2.45) is 0 Å². The molecule has 1 heteroatoms. The van der Waals surface area contributed by atoms with Gasteiger partial charge in [0.2, 0.25) is 0 Å². The van der Waals surface area contributed by atoms with Crippen molar-refractivity contribution in [2.45, 2.75) is 112 Å². The molecule has 0 spiro atoms. The van der Waals surface area contributed by atoms with Gasteiger partial charge in [0, 0.05) is 0 Å². The summed E-state index contributed by atoms with van der Waals surface area (Å²) in [4.78, 5) is 0. The fourth-order valence-electron chi connectivity index (χ4n) is 9.49. The average Bonchev–Trinajstić information content (AvgIpc) is 3.77. The van der Waals surface area contributed by atoms with E-state index in [0.717, 1.165) is 0 Å². The second kappa shape index (κ2) is 13.9. The Morgan fingerprint density at radius 2 is 0.768 bits per heavy atom. The molecule has 2 aliphatic carbocycles. The predicted octanol–water partition coefficient (Wildman–Crippen LogP) is 15.1. The van der Waals surface area contributed by atoms with Gasteiger partial charge in [-0.05, 0) is 0 Å². The van der Waals surface area contributed by atoms with Gasteiger partial charge in [-0.3, -0.25) is 0 Å². The van der Waals surface area contributed by atoms with E-state index in [2.05, 4.69) is 217 Å². The van der Waals surface area contributed by atoms with Crippen LogP contribution in [0, 0.1) is 0 Å². The third-order valence-electron chi connectivity index (χ3n) is 12.3. The van der Waals surface area contributed by atoms with E-state index >= 15 is 0 Å². The van der Waals surface area contributed by atoms with Gasteiger partial charge in [0.05, 0.1) is 0 Å². The Balaban J connectivity index is 1.57. The fourth-order valence-corrected chi connectivity index (χ4v) is 23.0. The van der Waals surface area contributed by atoms with Crippen molar-refractivity contribution in [1.82, 2.24) is 0 Å². The van der Waals surface area contributed by atoms with Crippen LogP contribution in [-0.2, 0) is 42.6 Å². The third-order valence-corrected chi connectivity index (χ3v) is 24.9. The molecule has 0 saturated carbocycles. The minimum absolute atomic E-state index is 0.00581. The van der Waals surface area contributed by atoms with Gasteiger partial charge in [0.15, 0.2) is 0 Å². The van der Waals surface area contributed by atoms with Crippen LogP contribution in [0.3, 0.4) is 0 Å². The van der Waals surface area contributed by atoms with Crippen LogP contribution < -0.4 is 0 Å². The summed E-state index contributed by atoms with van der Waals surface area (Å²) in [5.74, 6) is 0. The van der Waals surface area contributed by atoms with Crippen molar-refractivity contribution in [1.29, 1.82) is 0 Å². The molecule has 0 amide bonds. The molecule has 284 valence electrons. The molecule has 0 fully saturated rings. The van der Waals surface area contributed by atoms with Gasteiger partial charge >= 0.3 is 347 Å². The van der Waals surface area contributed by atoms with Crippen molar-refractivity contribution in [3.8, 4) is 11.1 Å². The van der Waals surface area contributed by atoms with Crippen LogP contribution in [0.1, 0.15) is 131 Å². The second-order valence-corrected chi connectivity index (χ2v) is 30.2. The molecule has 0 N–H and O–H groups in total. The number of rotatable bonds is 4. The van der Waals surface area contributed by atoms with E-state index in [9.17, 15) is 0 Å². The molecule has 6 aromatic rings. The van der Waals surface area contributed by atoms with Crippen LogP contribution >= 0.6 is 0 Å². The van der Waals surface area contributed by atoms with Crippen LogP contribution in [0.2, 0.25) is 3.67 Å². The maximum atomic E-state index is 2.71. The van der Waals surface area contributed by atoms with E-state index < -0.39 is 21.0 Å². The first-order chi connectivity index (χ1) is 26.3. The number of hydrogen-bond acceptors (Lipinski definition) is 0. The fraction of sp³-hybridized carbons (Fsp3) is 0.327. The zero-order chi connectivity index (χ0) is 39.9. The average molecular weight is 900 g/mol. The molecule has 0 aliphatic heterocycles. The van der Waals surface area contributed by atoms with Gasteiger partial charge in [-0.1, -0.05) is 0 Å². The topological polar surface area (TPSA) is 0 Å². The van der Waals surface area contributed by atoms with Gasteiger partial charge in [-0.2, -0.15) is 0 Å². The van der Waals surface area contributed by atoms with E-state index in [1.807, 2.05) is 0 Å². The molecular weight excluding hydrogens is 839 g/mol. The summed E-state index contributed by atoms with van der Waals surface area (Å²) in [6.45, 7) is 28.9. The predicted molar refractivity (Wildman–Crippen MR) is 242 cm³/mol. The molecule has 0 bridgehead atoms. The summed E-state index contributed by atoms with van der Waals surface area (Å²) in [5.41, 5.74) is 14.9. The Morgan fingerprint density at radius 3 is 1.14 bits per heavy atom. The Labute approximate surface area is 344 Å². The molecule has 0 atom stereocenters. The summed E-state index contributed by atoms with van der Waals surface area (Å²) in [6, 6.07) is 43.2. The van der Waals surface area contributed by atoms with Crippen LogP contribution in [0.5, 0.6) is 0 Å². The summed E-state index contributed by atoms with van der Waals surface area (Å²) < 4.78 is 2.41. The monoisotopic (exact) mass is 900 g/mol. The van der Waals surface area contributed by atoms with Crippen LogP contribution in [-0.4, -0.2) is 3.26 Å². The Morgan fingerprint density at radius 1 is 0.411 bits per heavy atom. The Kier molecular flexibility index (Phi) is 9.64. The molecule has 0 aromatic heterocycles. The molecule has 0 nitrogen and oxygen atoms in total. The van der Waals surface area contributed by atoms with Gasteiger partial charge < -0.3 is 0 Å². The van der Waals surface area contributed by atoms with Gasteiger partial charge in [-0.15, -0.1) is 0 Å². The molecule has 0 heterocycles. The van der Waals surface area contributed by atoms with Crippen molar-refractivity contribution in [2.75, 3.05) is 0 Å². The first-order valence-corrected chi connectivity index (χ1v) is 26.7. The minimum atomic E-state index is -3.23. The van der Waals surface area contributed by atoms with Crippen molar-refractivity contribution in [3.05, 3.63) is 178 Å². The number of fused-ring (bicyclic) bond motifs is 5. The van der Waals surface area contributed by atoms with E-state index in [1.54, 1.807) is 14.4 Å². The van der Waals surface area contributed by atoms with Crippen LogP contribution in [0.25, 0.3) is 32.7 Å². The maximum absolute atomic E-state index is 3.23. The number of benzene rings is 6. The summed E-state index contributed by atoms with van der Waals surface area (Å²) in [7, 11) is 0. The SMILES string of the molecule is CC(C)(C)c1cc2c(cc1C(C)(C)C)[CH]([Hf](=[C](c1ccc3ccccc3c1)c1ccc3ccccc3c1)[CH]1C=CC=C1)c1cc(C(C)(C)C)c(C(C)(C)C)cc1-2. The Hall–Kier alpha value is -3.94. The van der Waals surface area contributed by atoms with E-state index in [0.29, 0.717) is 7.35 Å². The van der Waals surface area contributed by atoms with E-state index in [-0.39, 0.29) is 21.7 Å². The Bertz CT molecular complexity index is 2440. The second-order valence-electron chi connectivity index (χ2n) is 20.7. The van der Waals surface area contributed by atoms with Crippen molar-refractivity contribution >= 4 is 24.8 Å². The van der Waals surface area contributed by atoms with Crippen molar-refractivity contribution < 1.29 is 21.0 Å². The molecule has 0 saturated heterocycles. The van der Waals surface area contributed by atoms with E-state index in [1.165, 1.54) is 66.1 Å². The zero-order valence-electron chi connectivity index (χ0n) is 35.9. The van der Waals surface area contributed by atoms with Gasteiger partial charge in [0.25, 0.3) is 0 Å². The summed E-state index contributed by atoms with van der Waals surface area (Å²) in [6.07, 6.45) is 9.78. The van der Waals surface area contributed by atoms with Crippen LogP contribution in [0.4, 0.5) is 0 Å². The zero-order valence-corrected chi connectivity index (χ0v) is 39.4. The van der Waals surface area contributed by atoms with Crippen molar-refractivity contribution in [3.63, 3.8) is 0 Å². The molecule has 6 aromatic carbocycles. The van der Waals surface area contributed by atoms with Gasteiger partial charge in [0.1, 0.15) is 0 Å². The summed E-state index contributed by atoms with van der Waals surface area (Å²) in [5, 5.41) is 5.22. The molecular formula is C55H60Hf. The first kappa shape index (κ1) is 38.9.